The number of thiazole rings is 1. The van der Waals surface area contributed by atoms with Crippen LogP contribution in [0, 0.1) is 0 Å². The first-order valence-corrected chi connectivity index (χ1v) is 9.99. The van der Waals surface area contributed by atoms with Crippen LogP contribution in [0.25, 0.3) is 22.3 Å². The van der Waals surface area contributed by atoms with E-state index in [1.807, 2.05) is 42.2 Å². The molecule has 0 fully saturated rings. The number of nitrogens with zero attached hydrogens (tertiary/aromatic N) is 7. The number of aromatic nitrogens is 6. The number of hydrogen-bond donors (Lipinski definition) is 0. The number of fused-ring (bicyclic) bond motifs is 4. The van der Waals surface area contributed by atoms with Gasteiger partial charge in [0.15, 0.2) is 5.13 Å². The molecule has 1 aromatic carbocycles. The van der Waals surface area contributed by atoms with Crippen molar-refractivity contribution in [3.63, 3.8) is 0 Å². The van der Waals surface area contributed by atoms with Crippen LogP contribution < -0.4 is 4.90 Å². The Morgan fingerprint density at radius 2 is 2.14 bits per heavy atom. The largest absolute Gasteiger partial charge is 0.291 e. The highest BCUT2D eigenvalue weighted by Gasteiger charge is 2.26. The van der Waals surface area contributed by atoms with E-state index in [2.05, 4.69) is 15.4 Å². The molecule has 0 spiro atoms. The lowest BCUT2D eigenvalue weighted by Crippen LogP contribution is -2.27. The zero-order valence-electron chi connectivity index (χ0n) is 15.7. The molecule has 0 aliphatic heterocycles. The Hall–Kier alpha value is -3.07. The van der Waals surface area contributed by atoms with Gasteiger partial charge >= 0.3 is 0 Å². The number of hydrogen-bond acceptors (Lipinski definition) is 6. The molecule has 0 saturated heterocycles. The predicted octanol–water partition coefficient (Wildman–Crippen LogP) is 2.44. The van der Waals surface area contributed by atoms with Crippen LogP contribution in [0.5, 0.6) is 0 Å². The molecule has 142 valence electrons. The van der Waals surface area contributed by atoms with E-state index >= 15 is 0 Å². The van der Waals surface area contributed by atoms with Crippen molar-refractivity contribution in [2.24, 2.45) is 7.05 Å². The molecule has 3 aromatic heterocycles. The lowest BCUT2D eigenvalue weighted by Gasteiger charge is -2.13. The molecule has 1 aliphatic carbocycles. The van der Waals surface area contributed by atoms with Crippen molar-refractivity contribution < 1.29 is 4.79 Å². The van der Waals surface area contributed by atoms with Gasteiger partial charge in [-0.25, -0.2) is 9.67 Å². The van der Waals surface area contributed by atoms with E-state index in [0.29, 0.717) is 13.0 Å². The van der Waals surface area contributed by atoms with E-state index in [1.54, 1.807) is 28.0 Å². The smallest absolute Gasteiger partial charge is 0.230 e. The molecule has 0 N–H and O–H groups in total. The number of carbonyl (C=O) groups excluding carboxylic acids is 1. The predicted molar refractivity (Wildman–Crippen MR) is 107 cm³/mol. The van der Waals surface area contributed by atoms with Gasteiger partial charge in [-0.05, 0) is 25.0 Å². The monoisotopic (exact) mass is 393 g/mol. The van der Waals surface area contributed by atoms with E-state index in [1.165, 1.54) is 10.6 Å². The average Bonchev–Trinajstić information content (AvgIpc) is 3.42. The van der Waals surface area contributed by atoms with Crippen molar-refractivity contribution in [2.45, 2.75) is 25.8 Å². The summed E-state index contributed by atoms with van der Waals surface area (Å²) in [4.78, 5) is 20.4. The summed E-state index contributed by atoms with van der Waals surface area (Å²) >= 11 is 1.59. The number of benzene rings is 1. The van der Waals surface area contributed by atoms with Gasteiger partial charge in [0, 0.05) is 36.7 Å². The van der Waals surface area contributed by atoms with Crippen molar-refractivity contribution in [3.8, 4) is 11.3 Å². The van der Waals surface area contributed by atoms with Gasteiger partial charge < -0.3 is 0 Å². The molecular weight excluding hydrogens is 374 g/mol. The summed E-state index contributed by atoms with van der Waals surface area (Å²) in [6.45, 7) is 0.488. The second-order valence-corrected chi connectivity index (χ2v) is 7.96. The topological polar surface area (TPSA) is 81.7 Å². The van der Waals surface area contributed by atoms with Crippen LogP contribution in [0.15, 0.2) is 30.5 Å². The van der Waals surface area contributed by atoms with Crippen molar-refractivity contribution in [1.82, 2.24) is 29.8 Å². The standard InChI is InChI=1S/C19H19N7OS/c1-24(17(27)9-10-26-15-6-4-3-5-13(15)22-23-26)19-21-18-12-11-20-25(2)14(12)7-8-16(18)28-19/h3-6,11H,7-10H2,1-2H3. The summed E-state index contributed by atoms with van der Waals surface area (Å²) in [6, 6.07) is 7.75. The maximum Gasteiger partial charge on any atom is 0.230 e. The third kappa shape index (κ3) is 2.70. The van der Waals surface area contributed by atoms with Gasteiger partial charge in [0.05, 0.1) is 24.0 Å². The molecule has 0 unspecified atom stereocenters. The first-order chi connectivity index (χ1) is 13.6. The zero-order chi connectivity index (χ0) is 19.3. The fourth-order valence-electron chi connectivity index (χ4n) is 3.61. The quantitative estimate of drug-likeness (QED) is 0.532. The minimum Gasteiger partial charge on any atom is -0.291 e. The molecule has 4 aromatic rings. The molecule has 28 heavy (non-hydrogen) atoms. The third-order valence-corrected chi connectivity index (χ3v) is 6.40. The molecule has 5 rings (SSSR count). The lowest BCUT2D eigenvalue weighted by molar-refractivity contribution is -0.118. The maximum atomic E-state index is 12.8. The average molecular weight is 393 g/mol. The Kier molecular flexibility index (Phi) is 3.97. The zero-order valence-corrected chi connectivity index (χ0v) is 16.5. The van der Waals surface area contributed by atoms with E-state index in [4.69, 9.17) is 4.98 Å². The molecule has 0 radical (unpaired) electrons. The van der Waals surface area contributed by atoms with Gasteiger partial charge in [-0.1, -0.05) is 17.3 Å². The number of aryl methyl sites for hydroxylation is 3. The van der Waals surface area contributed by atoms with Crippen LogP contribution in [0.1, 0.15) is 17.0 Å². The highest BCUT2D eigenvalue weighted by molar-refractivity contribution is 7.16. The minimum atomic E-state index is 0.0112. The third-order valence-electron chi connectivity index (χ3n) is 5.21. The van der Waals surface area contributed by atoms with Crippen molar-refractivity contribution in [3.05, 3.63) is 41.0 Å². The molecule has 3 heterocycles. The molecule has 9 heteroatoms. The highest BCUT2D eigenvalue weighted by atomic mass is 32.1. The fraction of sp³-hybridized carbons (Fsp3) is 0.316. The van der Waals surface area contributed by atoms with Crippen molar-refractivity contribution in [1.29, 1.82) is 0 Å². The number of rotatable bonds is 4. The van der Waals surface area contributed by atoms with Crippen LogP contribution >= 0.6 is 11.3 Å². The number of anilines is 1. The summed E-state index contributed by atoms with van der Waals surface area (Å²) in [7, 11) is 3.75. The summed E-state index contributed by atoms with van der Waals surface area (Å²) in [6.07, 6.45) is 4.10. The maximum absolute atomic E-state index is 12.8. The van der Waals surface area contributed by atoms with Gasteiger partial charge in [0.25, 0.3) is 0 Å². The molecule has 0 saturated carbocycles. The van der Waals surface area contributed by atoms with Gasteiger partial charge in [0.1, 0.15) is 5.52 Å². The Morgan fingerprint density at radius 1 is 1.29 bits per heavy atom. The number of para-hydroxylation sites is 1. The highest BCUT2D eigenvalue weighted by Crippen LogP contribution is 2.38. The van der Waals surface area contributed by atoms with Crippen LogP contribution in [-0.4, -0.2) is 42.7 Å². The number of amides is 1. The Balaban J connectivity index is 1.33. The molecule has 1 amide bonds. The Labute approximate surface area is 165 Å². The van der Waals surface area contributed by atoms with E-state index in [0.717, 1.165) is 40.3 Å². The van der Waals surface area contributed by atoms with Crippen LogP contribution in [0.3, 0.4) is 0 Å². The van der Waals surface area contributed by atoms with E-state index in [-0.39, 0.29) is 5.91 Å². The Morgan fingerprint density at radius 3 is 3.04 bits per heavy atom. The second-order valence-electron chi connectivity index (χ2n) is 6.90. The van der Waals surface area contributed by atoms with Gasteiger partial charge in [-0.3, -0.25) is 14.4 Å². The second kappa shape index (κ2) is 6.52. The van der Waals surface area contributed by atoms with Gasteiger partial charge in [0.2, 0.25) is 5.91 Å². The van der Waals surface area contributed by atoms with Crippen LogP contribution in [0.2, 0.25) is 0 Å². The van der Waals surface area contributed by atoms with E-state index in [9.17, 15) is 4.79 Å². The molecule has 1 aliphatic rings. The lowest BCUT2D eigenvalue weighted by atomic mass is 10.0. The van der Waals surface area contributed by atoms with E-state index < -0.39 is 0 Å². The first kappa shape index (κ1) is 17.1. The molecule has 0 atom stereocenters. The normalized spacial score (nSPS) is 12.8. The van der Waals surface area contributed by atoms with Gasteiger partial charge in [-0.15, -0.1) is 16.4 Å². The van der Waals surface area contributed by atoms with Crippen LogP contribution in [0.4, 0.5) is 5.13 Å². The van der Waals surface area contributed by atoms with Crippen molar-refractivity contribution in [2.75, 3.05) is 11.9 Å². The molecule has 8 nitrogen and oxygen atoms in total. The SMILES string of the molecule is CN(C(=O)CCn1nnc2ccccc21)c1nc2c(s1)CCc1c-2cnn1C. The van der Waals surface area contributed by atoms with Crippen LogP contribution in [-0.2, 0) is 31.2 Å². The first-order valence-electron chi connectivity index (χ1n) is 9.17. The number of carbonyl (C=O) groups is 1. The minimum absolute atomic E-state index is 0.0112. The van der Waals surface area contributed by atoms with Gasteiger partial charge in [-0.2, -0.15) is 5.10 Å². The fourth-order valence-corrected chi connectivity index (χ4v) is 4.66. The summed E-state index contributed by atoms with van der Waals surface area (Å²) < 4.78 is 3.68. The summed E-state index contributed by atoms with van der Waals surface area (Å²) in [5.41, 5.74) is 5.03. The Bertz CT molecular complexity index is 1190. The molecular formula is C19H19N7OS. The summed E-state index contributed by atoms with van der Waals surface area (Å²) in [5.74, 6) is 0.0112. The molecule has 0 bridgehead atoms. The summed E-state index contributed by atoms with van der Waals surface area (Å²) in [5, 5.41) is 13.4. The van der Waals surface area contributed by atoms with Crippen molar-refractivity contribution >= 4 is 33.4 Å².